The summed E-state index contributed by atoms with van der Waals surface area (Å²) in [5.41, 5.74) is 9.86. The van der Waals surface area contributed by atoms with Crippen molar-refractivity contribution in [3.63, 3.8) is 0 Å². The van der Waals surface area contributed by atoms with E-state index in [0.29, 0.717) is 23.7 Å². The van der Waals surface area contributed by atoms with E-state index in [0.717, 1.165) is 24.2 Å². The summed E-state index contributed by atoms with van der Waals surface area (Å²) in [6.07, 6.45) is 13.9. The van der Waals surface area contributed by atoms with Gasteiger partial charge in [0.1, 0.15) is 24.5 Å². The van der Waals surface area contributed by atoms with Crippen molar-refractivity contribution in [2.75, 3.05) is 18.0 Å². The molecule has 0 fully saturated rings. The Hall–Kier alpha value is -2.97. The van der Waals surface area contributed by atoms with Crippen LogP contribution < -0.4 is 4.90 Å². The number of rotatable bonds is 6. The van der Waals surface area contributed by atoms with Crippen LogP contribution in [0.1, 0.15) is 112 Å². The molecule has 0 bridgehead atoms. The zero-order valence-electron chi connectivity index (χ0n) is 21.7. The fraction of sp³-hybridized carbons (Fsp3) is 0.452. The van der Waals surface area contributed by atoms with Crippen LogP contribution in [-0.2, 0) is 0 Å². The second-order valence-corrected chi connectivity index (χ2v) is 10.4. The summed E-state index contributed by atoms with van der Waals surface area (Å²) < 4.78 is 2.44. The van der Waals surface area contributed by atoms with Crippen LogP contribution in [-0.4, -0.2) is 24.0 Å². The van der Waals surface area contributed by atoms with E-state index < -0.39 is 0 Å². The summed E-state index contributed by atoms with van der Waals surface area (Å²) in [6, 6.07) is 8.79. The Labute approximate surface area is 201 Å². The zero-order valence-corrected chi connectivity index (χ0v) is 21.7. The van der Waals surface area contributed by atoms with E-state index >= 15 is 0 Å². The predicted molar refractivity (Wildman–Crippen MR) is 143 cm³/mol. The summed E-state index contributed by atoms with van der Waals surface area (Å²) in [4.78, 5) is 2.44. The van der Waals surface area contributed by atoms with E-state index in [2.05, 4.69) is 107 Å². The van der Waals surface area contributed by atoms with Gasteiger partial charge in [-0.25, -0.2) is 9.48 Å². The van der Waals surface area contributed by atoms with E-state index in [1.54, 1.807) is 0 Å². The monoisotopic (exact) mass is 439 g/mol. The second-order valence-electron chi connectivity index (χ2n) is 10.4. The zero-order chi connectivity index (χ0) is 24.4. The van der Waals surface area contributed by atoms with Crippen LogP contribution in [0.5, 0.6) is 0 Å². The first kappa shape index (κ1) is 24.7. The molecule has 2 aromatic rings. The molecule has 0 aliphatic carbocycles. The van der Waals surface area contributed by atoms with Crippen molar-refractivity contribution in [3.05, 3.63) is 57.6 Å². The lowest BCUT2D eigenvalue weighted by Crippen LogP contribution is -2.22. The quantitative estimate of drug-likeness (QED) is 0.337. The lowest BCUT2D eigenvalue weighted by atomic mass is 9.90. The summed E-state index contributed by atoms with van der Waals surface area (Å²) >= 11 is 0. The molecule has 0 amide bonds. The standard InChI is InChI=1S/C31H39N2/c1-11-24-15-26(20(3)4)30(27(16-24)21(5)6)32-13-14-33(19-32)31-28(22(7)8)17-25(12-2)18-29(31)23(9)10/h1-2,15-23H,13-14H2,3-10H3/q+1. The van der Waals surface area contributed by atoms with Gasteiger partial charge in [0.05, 0.1) is 0 Å². The summed E-state index contributed by atoms with van der Waals surface area (Å²) in [6.45, 7) is 19.9. The molecule has 0 saturated carbocycles. The molecule has 2 heteroatoms. The van der Waals surface area contributed by atoms with Crippen LogP contribution >= 0.6 is 0 Å². The fourth-order valence-electron chi connectivity index (χ4n) is 4.79. The summed E-state index contributed by atoms with van der Waals surface area (Å²) in [5.74, 6) is 7.29. The maximum absolute atomic E-state index is 5.81. The predicted octanol–water partition coefficient (Wildman–Crippen LogP) is 7.34. The first-order valence-electron chi connectivity index (χ1n) is 12.3. The topological polar surface area (TPSA) is 6.25 Å². The number of nitrogens with zero attached hydrogens (tertiary/aromatic N) is 2. The lowest BCUT2D eigenvalue weighted by molar-refractivity contribution is -0.425. The van der Waals surface area contributed by atoms with Gasteiger partial charge in [0.25, 0.3) is 0 Å². The van der Waals surface area contributed by atoms with Gasteiger partial charge in [0.2, 0.25) is 6.34 Å². The van der Waals surface area contributed by atoms with Gasteiger partial charge in [-0.05, 0) is 47.9 Å². The first-order chi connectivity index (χ1) is 15.6. The van der Waals surface area contributed by atoms with Gasteiger partial charge in [-0.15, -0.1) is 12.8 Å². The molecule has 172 valence electrons. The van der Waals surface area contributed by atoms with Crippen LogP contribution in [0.4, 0.5) is 11.4 Å². The lowest BCUT2D eigenvalue weighted by Gasteiger charge is -2.21. The van der Waals surface area contributed by atoms with E-state index in [4.69, 9.17) is 12.8 Å². The van der Waals surface area contributed by atoms with E-state index in [1.807, 2.05) is 0 Å². The molecule has 0 atom stereocenters. The molecule has 1 aliphatic rings. The highest BCUT2D eigenvalue weighted by Crippen LogP contribution is 2.39. The minimum atomic E-state index is 0.389. The summed E-state index contributed by atoms with van der Waals surface area (Å²) in [5, 5.41) is 0. The maximum Gasteiger partial charge on any atom is 0.244 e. The minimum absolute atomic E-state index is 0.389. The molecule has 0 aromatic heterocycles. The average molecular weight is 440 g/mol. The van der Waals surface area contributed by atoms with Gasteiger partial charge in [-0.1, -0.05) is 67.2 Å². The third kappa shape index (κ3) is 4.86. The molecular weight excluding hydrogens is 400 g/mol. The molecule has 0 saturated heterocycles. The van der Waals surface area contributed by atoms with Crippen LogP contribution in [0, 0.1) is 24.7 Å². The molecule has 0 spiro atoms. The van der Waals surface area contributed by atoms with Crippen molar-refractivity contribution in [1.29, 1.82) is 0 Å². The molecule has 3 rings (SSSR count). The Bertz CT molecular complexity index is 1090. The van der Waals surface area contributed by atoms with Crippen LogP contribution in [0.3, 0.4) is 0 Å². The first-order valence-corrected chi connectivity index (χ1v) is 12.3. The van der Waals surface area contributed by atoms with Gasteiger partial charge in [-0.2, -0.15) is 0 Å². The third-order valence-corrected chi connectivity index (χ3v) is 6.59. The third-order valence-electron chi connectivity index (χ3n) is 6.59. The van der Waals surface area contributed by atoms with Gasteiger partial charge >= 0.3 is 0 Å². The molecule has 0 N–H and O–H groups in total. The largest absolute Gasteiger partial charge is 0.244 e. The van der Waals surface area contributed by atoms with E-state index in [1.165, 1.54) is 33.6 Å². The normalized spacial score (nSPS) is 13.8. The van der Waals surface area contributed by atoms with Gasteiger partial charge < -0.3 is 0 Å². The molecule has 33 heavy (non-hydrogen) atoms. The number of anilines is 1. The minimum Gasteiger partial charge on any atom is -0.229 e. The number of terminal acetylenes is 2. The Kier molecular flexibility index (Phi) is 7.39. The maximum atomic E-state index is 5.81. The highest BCUT2D eigenvalue weighted by Gasteiger charge is 2.32. The number of hydrogen-bond donors (Lipinski definition) is 0. The highest BCUT2D eigenvalue weighted by atomic mass is 15.3. The van der Waals surface area contributed by atoms with Crippen LogP contribution in [0.25, 0.3) is 0 Å². The highest BCUT2D eigenvalue weighted by molar-refractivity contribution is 5.83. The smallest absolute Gasteiger partial charge is 0.229 e. The average Bonchev–Trinajstić information content (AvgIpc) is 3.26. The molecule has 0 radical (unpaired) electrons. The van der Waals surface area contributed by atoms with E-state index in [9.17, 15) is 0 Å². The Balaban J connectivity index is 2.23. The molecule has 1 heterocycles. The van der Waals surface area contributed by atoms with Crippen molar-refractivity contribution in [1.82, 2.24) is 0 Å². The SMILES string of the molecule is C#Cc1cc(C(C)C)c(N2C=[N+](c3c(C(C)C)cc(C#C)cc3C(C)C)CC2)c(C(C)C)c1. The molecule has 1 aliphatic heterocycles. The van der Waals surface area contributed by atoms with Crippen molar-refractivity contribution in [2.24, 2.45) is 0 Å². The van der Waals surface area contributed by atoms with Crippen molar-refractivity contribution >= 4 is 17.7 Å². The van der Waals surface area contributed by atoms with Crippen LogP contribution in [0.15, 0.2) is 24.3 Å². The molecule has 0 unspecified atom stereocenters. The Morgan fingerprint density at radius 3 is 1.45 bits per heavy atom. The van der Waals surface area contributed by atoms with Crippen molar-refractivity contribution in [2.45, 2.75) is 79.1 Å². The van der Waals surface area contributed by atoms with Crippen LogP contribution in [0.2, 0.25) is 0 Å². The molecular formula is C31H39N2+. The summed E-state index contributed by atoms with van der Waals surface area (Å²) in [7, 11) is 0. The van der Waals surface area contributed by atoms with Gasteiger partial charge in [0, 0.05) is 33.4 Å². The van der Waals surface area contributed by atoms with E-state index in [-0.39, 0.29) is 0 Å². The fourth-order valence-corrected chi connectivity index (χ4v) is 4.79. The molecule has 2 nitrogen and oxygen atoms in total. The number of benzene rings is 2. The second kappa shape index (κ2) is 9.89. The van der Waals surface area contributed by atoms with Gasteiger partial charge in [0.15, 0.2) is 0 Å². The van der Waals surface area contributed by atoms with Crippen molar-refractivity contribution in [3.8, 4) is 24.7 Å². The number of hydrogen-bond acceptors (Lipinski definition) is 1. The van der Waals surface area contributed by atoms with Gasteiger partial charge in [-0.3, -0.25) is 0 Å². The molecule has 2 aromatic carbocycles. The van der Waals surface area contributed by atoms with Crippen molar-refractivity contribution < 1.29 is 4.58 Å². The Morgan fingerprint density at radius 2 is 1.09 bits per heavy atom. The Morgan fingerprint density at radius 1 is 0.697 bits per heavy atom.